The van der Waals surface area contributed by atoms with E-state index in [1.165, 1.54) is 0 Å². The molecule has 0 fully saturated rings. The molecule has 0 aliphatic rings. The van der Waals surface area contributed by atoms with Gasteiger partial charge in [-0.2, -0.15) is 0 Å². The minimum Gasteiger partial charge on any atom is -0.396 e. The van der Waals surface area contributed by atoms with Gasteiger partial charge in [0.25, 0.3) is 0 Å². The summed E-state index contributed by atoms with van der Waals surface area (Å²) in [6.45, 7) is 7.97. The second kappa shape index (κ2) is 6.65. The Balaban J connectivity index is 3.96. The van der Waals surface area contributed by atoms with Crippen molar-refractivity contribution >= 4 is 6.03 Å². The first kappa shape index (κ1) is 13.2. The van der Waals surface area contributed by atoms with Crippen LogP contribution in [0.2, 0.25) is 0 Å². The van der Waals surface area contributed by atoms with Crippen LogP contribution in [-0.4, -0.2) is 29.8 Å². The van der Waals surface area contributed by atoms with Gasteiger partial charge in [0.05, 0.1) is 0 Å². The van der Waals surface area contributed by atoms with Crippen molar-refractivity contribution in [2.24, 2.45) is 5.92 Å². The second-order valence-electron chi connectivity index (χ2n) is 4.14. The molecule has 0 aliphatic carbocycles. The number of nitrogens with one attached hydrogen (secondary N) is 2. The van der Waals surface area contributed by atoms with E-state index < -0.39 is 0 Å². The molecule has 1 atom stereocenters. The summed E-state index contributed by atoms with van der Waals surface area (Å²) >= 11 is 0. The van der Waals surface area contributed by atoms with Crippen molar-refractivity contribution < 1.29 is 9.90 Å². The average molecular weight is 202 g/mol. The Kier molecular flexibility index (Phi) is 6.28. The van der Waals surface area contributed by atoms with E-state index in [1.807, 2.05) is 27.7 Å². The lowest BCUT2D eigenvalue weighted by Gasteiger charge is -2.22. The zero-order valence-electron chi connectivity index (χ0n) is 9.50. The molecule has 0 radical (unpaired) electrons. The van der Waals surface area contributed by atoms with Crippen LogP contribution in [0.4, 0.5) is 4.79 Å². The minimum absolute atomic E-state index is 0.0405. The number of amides is 2. The lowest BCUT2D eigenvalue weighted by molar-refractivity contribution is 0.217. The average Bonchev–Trinajstić information content (AvgIpc) is 2.01. The van der Waals surface area contributed by atoms with Gasteiger partial charge in [0.15, 0.2) is 0 Å². The largest absolute Gasteiger partial charge is 0.396 e. The second-order valence-corrected chi connectivity index (χ2v) is 4.14. The molecule has 0 aromatic heterocycles. The number of hydrogen-bond donors (Lipinski definition) is 3. The van der Waals surface area contributed by atoms with Gasteiger partial charge in [0, 0.05) is 18.7 Å². The van der Waals surface area contributed by atoms with Gasteiger partial charge in [-0.1, -0.05) is 13.8 Å². The van der Waals surface area contributed by atoms with E-state index in [-0.39, 0.29) is 24.7 Å². The van der Waals surface area contributed by atoms with E-state index in [0.717, 1.165) is 0 Å². The summed E-state index contributed by atoms with van der Waals surface area (Å²) in [5, 5.41) is 14.4. The van der Waals surface area contributed by atoms with Crippen LogP contribution in [0.25, 0.3) is 0 Å². The van der Waals surface area contributed by atoms with Crippen molar-refractivity contribution in [3.8, 4) is 0 Å². The van der Waals surface area contributed by atoms with Crippen LogP contribution in [0, 0.1) is 5.92 Å². The molecule has 0 rings (SSSR count). The molecule has 0 saturated heterocycles. The molecular formula is C10H22N2O2. The van der Waals surface area contributed by atoms with Gasteiger partial charge in [0.1, 0.15) is 0 Å². The van der Waals surface area contributed by atoms with Crippen molar-refractivity contribution in [2.75, 3.05) is 6.61 Å². The predicted octanol–water partition coefficient (Wildman–Crippen LogP) is 1.10. The van der Waals surface area contributed by atoms with Crippen LogP contribution >= 0.6 is 0 Å². The number of urea groups is 1. The highest BCUT2D eigenvalue weighted by Gasteiger charge is 2.15. The Hall–Kier alpha value is -0.770. The SMILES string of the molecule is CC(C)NC(=O)NC(CCO)C(C)C. The van der Waals surface area contributed by atoms with Crippen LogP contribution in [-0.2, 0) is 0 Å². The maximum Gasteiger partial charge on any atom is 0.315 e. The molecule has 0 bridgehead atoms. The molecule has 4 nitrogen and oxygen atoms in total. The first-order chi connectivity index (χ1) is 6.47. The third kappa shape index (κ3) is 5.80. The Morgan fingerprint density at radius 3 is 2.14 bits per heavy atom. The maximum atomic E-state index is 11.3. The summed E-state index contributed by atoms with van der Waals surface area (Å²) in [4.78, 5) is 11.3. The van der Waals surface area contributed by atoms with E-state index in [1.54, 1.807) is 0 Å². The van der Waals surface area contributed by atoms with Crippen LogP contribution in [0.15, 0.2) is 0 Å². The van der Waals surface area contributed by atoms with E-state index in [4.69, 9.17) is 5.11 Å². The fourth-order valence-electron chi connectivity index (χ4n) is 1.18. The summed E-state index contributed by atoms with van der Waals surface area (Å²) in [6, 6.07) is 0.0165. The Bertz CT molecular complexity index is 170. The maximum absolute atomic E-state index is 11.3. The number of carbonyl (C=O) groups excluding carboxylic acids is 1. The molecule has 4 heteroatoms. The first-order valence-electron chi connectivity index (χ1n) is 5.15. The number of hydrogen-bond acceptors (Lipinski definition) is 2. The van der Waals surface area contributed by atoms with Gasteiger partial charge >= 0.3 is 6.03 Å². The molecule has 0 heterocycles. The third-order valence-electron chi connectivity index (χ3n) is 1.98. The van der Waals surface area contributed by atoms with Crippen molar-refractivity contribution in [3.05, 3.63) is 0 Å². The number of aliphatic hydroxyl groups is 1. The van der Waals surface area contributed by atoms with Gasteiger partial charge in [-0.05, 0) is 26.2 Å². The zero-order valence-corrected chi connectivity index (χ0v) is 9.50. The van der Waals surface area contributed by atoms with Crippen LogP contribution in [0.3, 0.4) is 0 Å². The topological polar surface area (TPSA) is 61.4 Å². The molecule has 0 saturated carbocycles. The predicted molar refractivity (Wildman–Crippen MR) is 57.1 cm³/mol. The smallest absolute Gasteiger partial charge is 0.315 e. The van der Waals surface area contributed by atoms with Gasteiger partial charge in [-0.25, -0.2) is 4.79 Å². The van der Waals surface area contributed by atoms with Crippen molar-refractivity contribution in [3.63, 3.8) is 0 Å². The number of carbonyl (C=O) groups is 1. The molecule has 3 N–H and O–H groups in total. The molecule has 0 aliphatic heterocycles. The highest BCUT2D eigenvalue weighted by atomic mass is 16.3. The van der Waals surface area contributed by atoms with Gasteiger partial charge < -0.3 is 15.7 Å². The lowest BCUT2D eigenvalue weighted by Crippen LogP contribution is -2.46. The molecule has 0 spiro atoms. The molecule has 2 amide bonds. The fraction of sp³-hybridized carbons (Fsp3) is 0.900. The quantitative estimate of drug-likeness (QED) is 0.625. The molecular weight excluding hydrogens is 180 g/mol. The zero-order chi connectivity index (χ0) is 11.1. The Labute approximate surface area is 86.1 Å². The van der Waals surface area contributed by atoms with E-state index in [9.17, 15) is 4.79 Å². The third-order valence-corrected chi connectivity index (χ3v) is 1.98. The normalized spacial score (nSPS) is 13.1. The van der Waals surface area contributed by atoms with Crippen LogP contribution in [0.5, 0.6) is 0 Å². The lowest BCUT2D eigenvalue weighted by atomic mass is 10.0. The minimum atomic E-state index is -0.160. The van der Waals surface area contributed by atoms with Crippen molar-refractivity contribution in [1.82, 2.24) is 10.6 Å². The molecule has 84 valence electrons. The first-order valence-corrected chi connectivity index (χ1v) is 5.15. The summed E-state index contributed by atoms with van der Waals surface area (Å²) in [5.74, 6) is 0.333. The molecule has 1 unspecified atom stereocenters. The van der Waals surface area contributed by atoms with Crippen molar-refractivity contribution in [1.29, 1.82) is 0 Å². The van der Waals surface area contributed by atoms with Gasteiger partial charge in [0.2, 0.25) is 0 Å². The standard InChI is InChI=1S/C10H22N2O2/c1-7(2)9(5-6-13)12-10(14)11-8(3)4/h7-9,13H,5-6H2,1-4H3,(H2,11,12,14). The van der Waals surface area contributed by atoms with E-state index in [2.05, 4.69) is 10.6 Å². The van der Waals surface area contributed by atoms with Gasteiger partial charge in [-0.3, -0.25) is 0 Å². The Morgan fingerprint density at radius 1 is 1.21 bits per heavy atom. The molecule has 0 aromatic rings. The Morgan fingerprint density at radius 2 is 1.79 bits per heavy atom. The summed E-state index contributed by atoms with van der Waals surface area (Å²) in [5.41, 5.74) is 0. The summed E-state index contributed by atoms with van der Waals surface area (Å²) in [7, 11) is 0. The van der Waals surface area contributed by atoms with Crippen LogP contribution in [0.1, 0.15) is 34.1 Å². The monoisotopic (exact) mass is 202 g/mol. The van der Waals surface area contributed by atoms with Crippen LogP contribution < -0.4 is 10.6 Å². The number of aliphatic hydroxyl groups excluding tert-OH is 1. The van der Waals surface area contributed by atoms with Crippen molar-refractivity contribution in [2.45, 2.75) is 46.2 Å². The van der Waals surface area contributed by atoms with Gasteiger partial charge in [-0.15, -0.1) is 0 Å². The van der Waals surface area contributed by atoms with E-state index >= 15 is 0 Å². The molecule has 14 heavy (non-hydrogen) atoms. The highest BCUT2D eigenvalue weighted by Crippen LogP contribution is 2.05. The van der Waals surface area contributed by atoms with E-state index in [0.29, 0.717) is 12.3 Å². The summed E-state index contributed by atoms with van der Waals surface area (Å²) in [6.07, 6.45) is 0.600. The summed E-state index contributed by atoms with van der Waals surface area (Å²) < 4.78 is 0. The number of rotatable bonds is 5. The molecule has 0 aromatic carbocycles. The highest BCUT2D eigenvalue weighted by molar-refractivity contribution is 5.74. The fourth-order valence-corrected chi connectivity index (χ4v) is 1.18.